The fraction of sp³-hybridized carbons (Fsp3) is 0.444. The van der Waals surface area contributed by atoms with E-state index in [0.717, 1.165) is 29.1 Å². The van der Waals surface area contributed by atoms with Crippen LogP contribution in [-0.4, -0.2) is 21.0 Å². The van der Waals surface area contributed by atoms with E-state index in [9.17, 15) is 14.4 Å². The van der Waals surface area contributed by atoms with Gasteiger partial charge in [0.15, 0.2) is 0 Å². The van der Waals surface area contributed by atoms with Crippen LogP contribution in [0.15, 0.2) is 58.1 Å². The number of anilines is 2. The lowest BCUT2D eigenvalue weighted by Gasteiger charge is -2.57. The summed E-state index contributed by atoms with van der Waals surface area (Å²) < 4.78 is 1.45. The van der Waals surface area contributed by atoms with Crippen molar-refractivity contribution in [2.45, 2.75) is 57.0 Å². The molecule has 4 bridgehead atoms. The van der Waals surface area contributed by atoms with Crippen LogP contribution in [0.5, 0.6) is 0 Å². The van der Waals surface area contributed by atoms with Gasteiger partial charge in [0.1, 0.15) is 0 Å². The normalized spacial score (nSPS) is 27.1. The molecule has 4 aliphatic rings. The molecule has 0 radical (unpaired) electrons. The molecular weight excluding hydrogens is 428 g/mol. The number of fused-ring (bicyclic) bond motifs is 1. The van der Waals surface area contributed by atoms with E-state index in [1.165, 1.54) is 43.1 Å². The number of aromatic amines is 1. The molecule has 1 amide bonds. The van der Waals surface area contributed by atoms with E-state index in [0.29, 0.717) is 10.9 Å². The van der Waals surface area contributed by atoms with E-state index in [1.807, 2.05) is 24.3 Å². The van der Waals surface area contributed by atoms with E-state index in [4.69, 9.17) is 0 Å². The van der Waals surface area contributed by atoms with Crippen molar-refractivity contribution in [2.75, 3.05) is 10.6 Å². The van der Waals surface area contributed by atoms with Crippen molar-refractivity contribution in [3.63, 3.8) is 0 Å². The zero-order chi connectivity index (χ0) is 23.3. The van der Waals surface area contributed by atoms with Crippen molar-refractivity contribution in [2.24, 2.45) is 17.8 Å². The minimum Gasteiger partial charge on any atom is -0.378 e. The first-order valence-corrected chi connectivity index (χ1v) is 12.4. The van der Waals surface area contributed by atoms with Crippen molar-refractivity contribution >= 4 is 28.2 Å². The number of nitrogens with one attached hydrogen (secondary N) is 3. The third-order valence-electron chi connectivity index (χ3n) is 8.11. The molecule has 4 fully saturated rings. The Bertz CT molecular complexity index is 1340. The van der Waals surface area contributed by atoms with Gasteiger partial charge in [-0.15, -0.1) is 0 Å². The van der Waals surface area contributed by atoms with Gasteiger partial charge in [-0.05, 0) is 80.5 Å². The number of aromatic nitrogens is 2. The summed E-state index contributed by atoms with van der Waals surface area (Å²) in [7, 11) is 0. The number of carbonyl (C=O) groups excluding carboxylic acids is 1. The molecule has 34 heavy (non-hydrogen) atoms. The molecule has 7 heteroatoms. The van der Waals surface area contributed by atoms with Crippen LogP contribution in [0, 0.1) is 17.8 Å². The summed E-state index contributed by atoms with van der Waals surface area (Å²) in [4.78, 5) is 39.7. The van der Waals surface area contributed by atoms with Crippen LogP contribution in [0.3, 0.4) is 0 Å². The highest BCUT2D eigenvalue weighted by atomic mass is 16.2. The summed E-state index contributed by atoms with van der Waals surface area (Å²) in [5.41, 5.74) is 1.53. The fourth-order valence-corrected chi connectivity index (χ4v) is 7.14. The van der Waals surface area contributed by atoms with Crippen molar-refractivity contribution in [1.29, 1.82) is 0 Å². The number of carbonyl (C=O) groups is 1. The number of hydrogen-bond donors (Lipinski definition) is 3. The number of rotatable bonds is 6. The molecule has 4 saturated carbocycles. The summed E-state index contributed by atoms with van der Waals surface area (Å²) in [6.45, 7) is 0.187. The smallest absolute Gasteiger partial charge is 0.328 e. The lowest BCUT2D eigenvalue weighted by Crippen LogP contribution is -2.54. The summed E-state index contributed by atoms with van der Waals surface area (Å²) in [6.07, 6.45) is 7.96. The molecule has 1 heterocycles. The van der Waals surface area contributed by atoms with Crippen LogP contribution in [-0.2, 0) is 11.3 Å². The Morgan fingerprint density at radius 1 is 0.912 bits per heavy atom. The average Bonchev–Trinajstić information content (AvgIpc) is 2.79. The number of para-hydroxylation sites is 3. The highest BCUT2D eigenvalue weighted by Gasteiger charge is 2.51. The van der Waals surface area contributed by atoms with E-state index < -0.39 is 11.2 Å². The zero-order valence-electron chi connectivity index (χ0n) is 19.2. The minimum atomic E-state index is -0.500. The lowest BCUT2D eigenvalue weighted by atomic mass is 9.53. The number of hydrogen-bond acceptors (Lipinski definition) is 4. The summed E-state index contributed by atoms with van der Waals surface area (Å²) in [5.74, 6) is 2.35. The first kappa shape index (κ1) is 21.2. The van der Waals surface area contributed by atoms with E-state index in [-0.39, 0.29) is 24.4 Å². The summed E-state index contributed by atoms with van der Waals surface area (Å²) >= 11 is 0. The van der Waals surface area contributed by atoms with Crippen LogP contribution in [0.2, 0.25) is 0 Å². The molecule has 4 aliphatic carbocycles. The molecule has 0 spiro atoms. The Morgan fingerprint density at radius 2 is 1.53 bits per heavy atom. The molecule has 0 atom stereocenters. The van der Waals surface area contributed by atoms with Gasteiger partial charge in [-0.1, -0.05) is 24.3 Å². The van der Waals surface area contributed by atoms with Crippen molar-refractivity contribution in [3.8, 4) is 0 Å². The SMILES string of the molecule is O=C(CCn1c(=O)[nH]c(=O)c2ccccc21)Nc1ccccc1NC12CC3CC(CC(C3)C1)C2. The second-order valence-corrected chi connectivity index (χ2v) is 10.6. The van der Waals surface area contributed by atoms with Crippen LogP contribution in [0.25, 0.3) is 10.9 Å². The first-order chi connectivity index (χ1) is 16.5. The van der Waals surface area contributed by atoms with Gasteiger partial charge in [0, 0.05) is 18.5 Å². The molecular formula is C27H30N4O3. The highest BCUT2D eigenvalue weighted by molar-refractivity contribution is 5.94. The van der Waals surface area contributed by atoms with Gasteiger partial charge >= 0.3 is 5.69 Å². The molecule has 2 aromatic carbocycles. The Labute approximate surface area is 197 Å². The second-order valence-electron chi connectivity index (χ2n) is 10.6. The summed E-state index contributed by atoms with van der Waals surface area (Å²) in [5, 5.41) is 7.36. The average molecular weight is 459 g/mol. The fourth-order valence-electron chi connectivity index (χ4n) is 7.14. The number of benzene rings is 2. The van der Waals surface area contributed by atoms with Gasteiger partial charge < -0.3 is 10.6 Å². The Kier molecular flexibility index (Phi) is 5.08. The third-order valence-corrected chi connectivity index (χ3v) is 8.11. The van der Waals surface area contributed by atoms with Crippen LogP contribution >= 0.6 is 0 Å². The van der Waals surface area contributed by atoms with E-state index in [1.54, 1.807) is 24.3 Å². The van der Waals surface area contributed by atoms with Crippen LogP contribution in [0.1, 0.15) is 44.9 Å². The van der Waals surface area contributed by atoms with Gasteiger partial charge in [-0.2, -0.15) is 0 Å². The number of amides is 1. The molecule has 0 saturated heterocycles. The Morgan fingerprint density at radius 3 is 2.24 bits per heavy atom. The predicted molar refractivity (Wildman–Crippen MR) is 133 cm³/mol. The quantitative estimate of drug-likeness (QED) is 0.518. The maximum Gasteiger partial charge on any atom is 0.328 e. The number of nitrogens with zero attached hydrogens (tertiary/aromatic N) is 1. The molecule has 7 rings (SSSR count). The van der Waals surface area contributed by atoms with Gasteiger partial charge in [0.2, 0.25) is 5.91 Å². The van der Waals surface area contributed by atoms with Gasteiger partial charge in [-0.3, -0.25) is 19.1 Å². The molecule has 3 aromatic rings. The topological polar surface area (TPSA) is 96.0 Å². The van der Waals surface area contributed by atoms with Crippen LogP contribution < -0.4 is 21.9 Å². The lowest BCUT2D eigenvalue weighted by molar-refractivity contribution is -0.116. The third kappa shape index (κ3) is 3.83. The monoisotopic (exact) mass is 458 g/mol. The molecule has 0 unspecified atom stereocenters. The number of aryl methyl sites for hydroxylation is 1. The summed E-state index contributed by atoms with van der Waals surface area (Å²) in [6, 6.07) is 14.9. The minimum absolute atomic E-state index is 0.127. The Hall–Kier alpha value is -3.35. The molecule has 3 N–H and O–H groups in total. The molecule has 7 nitrogen and oxygen atoms in total. The standard InChI is InChI=1S/C27H30N4O3/c32-24(9-10-31-23-8-4-1-5-20(23)25(33)29-26(31)34)28-21-6-2-3-7-22(21)30-27-14-17-11-18(15-27)13-19(12-17)16-27/h1-8,17-19,30H,9-16H2,(H,28,32)(H,29,33,34). The van der Waals surface area contributed by atoms with Crippen molar-refractivity contribution in [3.05, 3.63) is 69.4 Å². The van der Waals surface area contributed by atoms with Gasteiger partial charge in [0.05, 0.1) is 22.3 Å². The van der Waals surface area contributed by atoms with E-state index in [2.05, 4.69) is 15.6 Å². The van der Waals surface area contributed by atoms with Crippen LogP contribution in [0.4, 0.5) is 11.4 Å². The van der Waals surface area contributed by atoms with E-state index >= 15 is 0 Å². The Balaban J connectivity index is 1.18. The predicted octanol–water partition coefficient (Wildman–Crippen LogP) is 4.10. The maximum atomic E-state index is 12.9. The van der Waals surface area contributed by atoms with Crippen molar-refractivity contribution < 1.29 is 4.79 Å². The molecule has 0 aliphatic heterocycles. The number of H-pyrrole nitrogens is 1. The van der Waals surface area contributed by atoms with Gasteiger partial charge in [-0.25, -0.2) is 4.79 Å². The second kappa shape index (κ2) is 8.15. The van der Waals surface area contributed by atoms with Crippen molar-refractivity contribution in [1.82, 2.24) is 9.55 Å². The first-order valence-electron chi connectivity index (χ1n) is 12.4. The zero-order valence-corrected chi connectivity index (χ0v) is 19.2. The maximum absolute atomic E-state index is 12.9. The highest BCUT2D eigenvalue weighted by Crippen LogP contribution is 2.56. The van der Waals surface area contributed by atoms with Gasteiger partial charge in [0.25, 0.3) is 5.56 Å². The largest absolute Gasteiger partial charge is 0.378 e. The molecule has 176 valence electrons. The molecule has 1 aromatic heterocycles.